The van der Waals surface area contributed by atoms with Crippen LogP contribution in [0.5, 0.6) is 0 Å². The first-order valence-electron chi connectivity index (χ1n) is 10.3. The molecule has 0 spiro atoms. The third-order valence-corrected chi connectivity index (χ3v) is 5.63. The quantitative estimate of drug-likeness (QED) is 0.358. The van der Waals surface area contributed by atoms with Crippen molar-refractivity contribution in [1.29, 1.82) is 0 Å². The maximum atomic E-state index is 13.4. The maximum absolute atomic E-state index is 13.4. The molecule has 3 aromatic heterocycles. The minimum Gasteiger partial charge on any atom is -0.383 e. The molecule has 184 valence electrons. The molecule has 3 heterocycles. The van der Waals surface area contributed by atoms with E-state index in [0.29, 0.717) is 6.42 Å². The molecule has 0 saturated heterocycles. The zero-order valence-electron chi connectivity index (χ0n) is 19.1. The number of carbonyl (C=O) groups excluding carboxylic acids is 1. The number of halogens is 1. The van der Waals surface area contributed by atoms with E-state index in [0.717, 1.165) is 23.2 Å². The number of imidazole rings is 1. The van der Waals surface area contributed by atoms with Crippen molar-refractivity contribution in [2.75, 3.05) is 30.9 Å². The third-order valence-electron chi connectivity index (χ3n) is 5.35. The van der Waals surface area contributed by atoms with E-state index in [2.05, 4.69) is 9.97 Å². The van der Waals surface area contributed by atoms with Crippen LogP contribution in [0.4, 0.5) is 11.5 Å². The second-order valence-electron chi connectivity index (χ2n) is 7.53. The molecule has 0 aliphatic rings. The monoisotopic (exact) mass is 496 g/mol. The first kappa shape index (κ1) is 25.0. The summed E-state index contributed by atoms with van der Waals surface area (Å²) in [5.41, 5.74) is 3.00. The number of nitrogens with zero attached hydrogens (tertiary/aromatic N) is 6. The molecule has 0 atom stereocenters. The highest BCUT2D eigenvalue weighted by Gasteiger charge is 2.27. The fraction of sp³-hybridized carbons (Fsp3) is 0.474. The Morgan fingerprint density at radius 2 is 1.85 bits per heavy atom. The van der Waals surface area contributed by atoms with Crippen LogP contribution in [0.15, 0.2) is 19.2 Å². The standard InChI is InChI=1S/C19H25ClN8O6/c1-5-6-27-13(21)11(15(30)23-18(27)32)26(7-8-34-4)10(29)9-28-12-14(22-17(28)20)24(2)19(33)25(3)16(12)31/h5-9,21H2,1-4H3,(H,23,30,32). The first-order chi connectivity index (χ1) is 16.0. The van der Waals surface area contributed by atoms with Gasteiger partial charge in [-0.25, -0.2) is 9.59 Å². The number of aromatic amines is 1. The fourth-order valence-corrected chi connectivity index (χ4v) is 3.84. The van der Waals surface area contributed by atoms with Crippen molar-refractivity contribution in [2.24, 2.45) is 14.1 Å². The van der Waals surface area contributed by atoms with Gasteiger partial charge >= 0.3 is 11.4 Å². The van der Waals surface area contributed by atoms with Crippen LogP contribution in [0, 0.1) is 0 Å². The molecule has 0 bridgehead atoms. The van der Waals surface area contributed by atoms with Crippen molar-refractivity contribution in [3.8, 4) is 0 Å². The molecule has 0 aromatic carbocycles. The lowest BCUT2D eigenvalue weighted by atomic mass is 10.3. The van der Waals surface area contributed by atoms with E-state index >= 15 is 0 Å². The van der Waals surface area contributed by atoms with Gasteiger partial charge in [0.1, 0.15) is 12.4 Å². The summed E-state index contributed by atoms with van der Waals surface area (Å²) >= 11 is 6.22. The molecule has 0 saturated carbocycles. The summed E-state index contributed by atoms with van der Waals surface area (Å²) in [5.74, 6) is -0.854. The van der Waals surface area contributed by atoms with Crippen molar-refractivity contribution in [2.45, 2.75) is 26.4 Å². The second kappa shape index (κ2) is 9.69. The molecule has 0 fully saturated rings. The Labute approximate surface area is 196 Å². The lowest BCUT2D eigenvalue weighted by Crippen LogP contribution is -2.44. The summed E-state index contributed by atoms with van der Waals surface area (Å²) < 4.78 is 9.38. The number of aryl methyl sites for hydroxylation is 1. The van der Waals surface area contributed by atoms with Crippen molar-refractivity contribution in [1.82, 2.24) is 28.2 Å². The molecule has 0 aliphatic heterocycles. The summed E-state index contributed by atoms with van der Waals surface area (Å²) in [6.45, 7) is 1.52. The summed E-state index contributed by atoms with van der Waals surface area (Å²) in [4.78, 5) is 70.5. The van der Waals surface area contributed by atoms with Gasteiger partial charge in [0, 0.05) is 34.3 Å². The number of H-pyrrole nitrogens is 1. The van der Waals surface area contributed by atoms with Gasteiger partial charge in [-0.3, -0.25) is 37.6 Å². The Hall–Kier alpha value is -3.65. The number of nitrogen functional groups attached to an aromatic ring is 1. The van der Waals surface area contributed by atoms with Crippen LogP contribution in [-0.4, -0.2) is 54.4 Å². The maximum Gasteiger partial charge on any atom is 0.332 e. The Bertz CT molecular complexity index is 1490. The average Bonchev–Trinajstić information content (AvgIpc) is 3.11. The van der Waals surface area contributed by atoms with Crippen LogP contribution in [0.2, 0.25) is 5.28 Å². The van der Waals surface area contributed by atoms with Gasteiger partial charge in [-0.15, -0.1) is 0 Å². The Morgan fingerprint density at radius 1 is 1.18 bits per heavy atom. The molecule has 3 aromatic rings. The van der Waals surface area contributed by atoms with Crippen molar-refractivity contribution < 1.29 is 9.53 Å². The minimum absolute atomic E-state index is 0.00296. The lowest BCUT2D eigenvalue weighted by molar-refractivity contribution is -0.119. The molecule has 0 aliphatic carbocycles. The molecule has 3 N–H and O–H groups in total. The normalized spacial score (nSPS) is 11.3. The molecule has 3 rings (SSSR count). The Morgan fingerprint density at radius 3 is 2.47 bits per heavy atom. The zero-order chi connectivity index (χ0) is 25.3. The molecular weight excluding hydrogens is 472 g/mol. The van der Waals surface area contributed by atoms with Crippen LogP contribution in [0.1, 0.15) is 13.3 Å². The topological polar surface area (TPSA) is 172 Å². The van der Waals surface area contributed by atoms with Crippen molar-refractivity contribution in [3.05, 3.63) is 47.0 Å². The number of fused-ring (bicyclic) bond motifs is 1. The number of rotatable bonds is 8. The van der Waals surface area contributed by atoms with E-state index in [9.17, 15) is 24.0 Å². The number of amides is 1. The second-order valence-corrected chi connectivity index (χ2v) is 7.87. The molecular formula is C19H25ClN8O6. The van der Waals surface area contributed by atoms with Gasteiger partial charge in [-0.2, -0.15) is 4.98 Å². The van der Waals surface area contributed by atoms with Gasteiger partial charge in [-0.1, -0.05) is 6.92 Å². The number of anilines is 2. The summed E-state index contributed by atoms with van der Waals surface area (Å²) in [6, 6.07) is 0. The minimum atomic E-state index is -0.848. The first-order valence-corrected chi connectivity index (χ1v) is 10.7. The molecule has 14 nitrogen and oxygen atoms in total. The van der Waals surface area contributed by atoms with Gasteiger partial charge < -0.3 is 15.4 Å². The SMILES string of the molecule is CCCn1c(N)c(N(CCOC)C(=O)Cn2c(Cl)nc3c2c(=O)n(C)c(=O)n3C)c(=O)[nH]c1=O. The van der Waals surface area contributed by atoms with Crippen LogP contribution in [0.3, 0.4) is 0 Å². The van der Waals surface area contributed by atoms with Crippen LogP contribution in [-0.2, 0) is 36.7 Å². The predicted octanol–water partition coefficient (Wildman–Crippen LogP) is -1.39. The largest absolute Gasteiger partial charge is 0.383 e. The van der Waals surface area contributed by atoms with E-state index in [1.807, 2.05) is 6.92 Å². The highest BCUT2D eigenvalue weighted by molar-refractivity contribution is 6.29. The molecule has 34 heavy (non-hydrogen) atoms. The van der Waals surface area contributed by atoms with Gasteiger partial charge in [0.2, 0.25) is 11.2 Å². The number of nitrogens with one attached hydrogen (secondary N) is 1. The summed E-state index contributed by atoms with van der Waals surface area (Å²) in [7, 11) is 4.12. The molecule has 15 heteroatoms. The Balaban J connectivity index is 2.17. The number of hydrogen-bond acceptors (Lipinski definition) is 8. The highest BCUT2D eigenvalue weighted by atomic mass is 35.5. The fourth-order valence-electron chi connectivity index (χ4n) is 3.61. The number of nitrogens with two attached hydrogens (primary N) is 1. The zero-order valence-corrected chi connectivity index (χ0v) is 19.9. The van der Waals surface area contributed by atoms with Crippen LogP contribution >= 0.6 is 11.6 Å². The van der Waals surface area contributed by atoms with E-state index in [-0.39, 0.29) is 47.6 Å². The van der Waals surface area contributed by atoms with E-state index in [1.54, 1.807) is 0 Å². The number of carbonyl (C=O) groups is 1. The number of hydrogen-bond donors (Lipinski definition) is 2. The van der Waals surface area contributed by atoms with Gasteiger partial charge in [-0.05, 0) is 18.0 Å². The molecule has 0 radical (unpaired) electrons. The third kappa shape index (κ3) is 4.17. The highest BCUT2D eigenvalue weighted by Crippen LogP contribution is 2.20. The smallest absolute Gasteiger partial charge is 0.332 e. The Kier molecular flexibility index (Phi) is 7.12. The van der Waals surface area contributed by atoms with Gasteiger partial charge in [0.25, 0.3) is 11.1 Å². The average molecular weight is 497 g/mol. The van der Waals surface area contributed by atoms with Crippen LogP contribution in [0.25, 0.3) is 11.2 Å². The van der Waals surface area contributed by atoms with E-state index < -0.39 is 34.9 Å². The van der Waals surface area contributed by atoms with Crippen molar-refractivity contribution >= 4 is 40.2 Å². The van der Waals surface area contributed by atoms with Gasteiger partial charge in [0.15, 0.2) is 16.9 Å². The summed E-state index contributed by atoms with van der Waals surface area (Å²) in [5, 5.41) is -0.203. The number of ether oxygens (including phenoxy) is 1. The van der Waals surface area contributed by atoms with Crippen LogP contribution < -0.4 is 33.1 Å². The van der Waals surface area contributed by atoms with E-state index in [4.69, 9.17) is 22.1 Å². The van der Waals surface area contributed by atoms with E-state index in [1.165, 1.54) is 21.2 Å². The summed E-state index contributed by atoms with van der Waals surface area (Å²) in [6.07, 6.45) is 0.556. The van der Waals surface area contributed by atoms with Gasteiger partial charge in [0.05, 0.1) is 6.61 Å². The molecule has 0 unspecified atom stereocenters. The predicted molar refractivity (Wildman–Crippen MR) is 125 cm³/mol. The number of methoxy groups -OCH3 is 1. The van der Waals surface area contributed by atoms with Crippen molar-refractivity contribution in [3.63, 3.8) is 0 Å². The lowest BCUT2D eigenvalue weighted by Gasteiger charge is -2.24. The molecule has 1 amide bonds. The number of aromatic nitrogens is 6.